The minimum Gasteiger partial charge on any atom is -0.361 e. The van der Waals surface area contributed by atoms with Gasteiger partial charge in [-0.05, 0) is 45.8 Å². The van der Waals surface area contributed by atoms with Crippen LogP contribution >= 0.6 is 11.8 Å². The predicted octanol–water partition coefficient (Wildman–Crippen LogP) is 3.06. The van der Waals surface area contributed by atoms with E-state index in [4.69, 9.17) is 4.52 Å². The summed E-state index contributed by atoms with van der Waals surface area (Å²) >= 11 is 2.02. The van der Waals surface area contributed by atoms with E-state index in [1.165, 1.54) is 31.2 Å². The number of nitrogens with zero attached hydrogens (tertiary/aromatic N) is 1. The molecule has 96 valence electrons. The van der Waals surface area contributed by atoms with Crippen molar-refractivity contribution >= 4 is 11.8 Å². The van der Waals surface area contributed by atoms with Crippen LogP contribution in [0.25, 0.3) is 0 Å². The molecule has 0 spiro atoms. The van der Waals surface area contributed by atoms with Crippen molar-refractivity contribution in [3.8, 4) is 0 Å². The zero-order valence-electron chi connectivity index (χ0n) is 11.0. The third-order valence-electron chi connectivity index (χ3n) is 3.76. The molecule has 3 nitrogen and oxygen atoms in total. The topological polar surface area (TPSA) is 38.1 Å². The molecule has 1 fully saturated rings. The van der Waals surface area contributed by atoms with E-state index in [-0.39, 0.29) is 0 Å². The van der Waals surface area contributed by atoms with E-state index in [9.17, 15) is 0 Å². The van der Waals surface area contributed by atoms with Gasteiger partial charge in [0.15, 0.2) is 0 Å². The van der Waals surface area contributed by atoms with Crippen molar-refractivity contribution in [3.63, 3.8) is 0 Å². The van der Waals surface area contributed by atoms with Gasteiger partial charge in [-0.3, -0.25) is 0 Å². The van der Waals surface area contributed by atoms with Crippen LogP contribution in [0, 0.1) is 13.8 Å². The van der Waals surface area contributed by atoms with E-state index in [1.54, 1.807) is 0 Å². The van der Waals surface area contributed by atoms with Crippen LogP contribution < -0.4 is 5.32 Å². The summed E-state index contributed by atoms with van der Waals surface area (Å²) in [7, 11) is 0. The molecule has 0 radical (unpaired) electrons. The Kier molecular flexibility index (Phi) is 4.51. The molecule has 0 atom stereocenters. The first-order valence-electron chi connectivity index (χ1n) is 6.38. The lowest BCUT2D eigenvalue weighted by Crippen LogP contribution is -2.33. The molecule has 0 unspecified atom stereocenters. The molecule has 0 amide bonds. The standard InChI is InChI=1S/C13H22N2OS/c1-9-13(10(2)16-15-9)8-14-11-4-6-12(17-3)7-5-11/h11-12,14H,4-8H2,1-3H3. The van der Waals surface area contributed by atoms with Gasteiger partial charge in [0.25, 0.3) is 0 Å². The third-order valence-corrected chi connectivity index (χ3v) is 4.89. The van der Waals surface area contributed by atoms with Gasteiger partial charge in [0, 0.05) is 23.4 Å². The SMILES string of the molecule is CSC1CCC(NCc2c(C)noc2C)CC1. The average Bonchev–Trinajstić information content (AvgIpc) is 2.67. The first-order valence-corrected chi connectivity index (χ1v) is 7.67. The Morgan fingerprint density at radius 1 is 1.29 bits per heavy atom. The first kappa shape index (κ1) is 13.0. The second-order valence-corrected chi connectivity index (χ2v) is 6.03. The number of rotatable bonds is 4. The Bertz CT molecular complexity index is 337. The van der Waals surface area contributed by atoms with Crippen molar-refractivity contribution in [2.24, 2.45) is 0 Å². The minimum absolute atomic E-state index is 0.673. The van der Waals surface area contributed by atoms with Crippen molar-refractivity contribution in [1.82, 2.24) is 10.5 Å². The van der Waals surface area contributed by atoms with Gasteiger partial charge >= 0.3 is 0 Å². The Balaban J connectivity index is 1.80. The molecule has 1 N–H and O–H groups in total. The van der Waals surface area contributed by atoms with Gasteiger partial charge in [-0.1, -0.05) is 5.16 Å². The second-order valence-electron chi connectivity index (χ2n) is 4.89. The molecule has 0 saturated heterocycles. The smallest absolute Gasteiger partial charge is 0.138 e. The van der Waals surface area contributed by atoms with Crippen LogP contribution in [0.3, 0.4) is 0 Å². The van der Waals surface area contributed by atoms with Crippen molar-refractivity contribution in [3.05, 3.63) is 17.0 Å². The molecule has 4 heteroatoms. The highest BCUT2D eigenvalue weighted by Crippen LogP contribution is 2.27. The summed E-state index contributed by atoms with van der Waals surface area (Å²) in [4.78, 5) is 0. The largest absolute Gasteiger partial charge is 0.361 e. The summed E-state index contributed by atoms with van der Waals surface area (Å²) in [5.41, 5.74) is 2.25. The highest BCUT2D eigenvalue weighted by Gasteiger charge is 2.20. The van der Waals surface area contributed by atoms with Crippen molar-refractivity contribution in [1.29, 1.82) is 0 Å². The minimum atomic E-state index is 0.673. The maximum Gasteiger partial charge on any atom is 0.138 e. The molecular weight excluding hydrogens is 232 g/mol. The molecule has 0 aromatic carbocycles. The summed E-state index contributed by atoms with van der Waals surface area (Å²) in [5, 5.41) is 8.51. The summed E-state index contributed by atoms with van der Waals surface area (Å²) in [6.45, 7) is 4.90. The van der Waals surface area contributed by atoms with Gasteiger partial charge in [0.2, 0.25) is 0 Å². The van der Waals surface area contributed by atoms with Crippen LogP contribution in [-0.2, 0) is 6.54 Å². The fourth-order valence-electron chi connectivity index (χ4n) is 2.50. The highest BCUT2D eigenvalue weighted by atomic mass is 32.2. The number of hydrogen-bond acceptors (Lipinski definition) is 4. The molecule has 1 aromatic heterocycles. The number of nitrogens with one attached hydrogen (secondary N) is 1. The Morgan fingerprint density at radius 3 is 2.53 bits per heavy atom. The lowest BCUT2D eigenvalue weighted by Gasteiger charge is -2.28. The van der Waals surface area contributed by atoms with E-state index in [0.29, 0.717) is 6.04 Å². The molecule has 17 heavy (non-hydrogen) atoms. The molecule has 1 aliphatic carbocycles. The van der Waals surface area contributed by atoms with Gasteiger partial charge in [0.05, 0.1) is 5.69 Å². The summed E-state index contributed by atoms with van der Waals surface area (Å²) < 4.78 is 5.18. The molecule has 1 heterocycles. The molecule has 1 saturated carbocycles. The normalized spacial score (nSPS) is 25.1. The lowest BCUT2D eigenvalue weighted by molar-refractivity contribution is 0.374. The Morgan fingerprint density at radius 2 is 2.00 bits per heavy atom. The molecular formula is C13H22N2OS. The number of aromatic nitrogens is 1. The molecule has 1 aromatic rings. The average molecular weight is 254 g/mol. The van der Waals surface area contributed by atoms with E-state index in [2.05, 4.69) is 16.7 Å². The zero-order valence-corrected chi connectivity index (χ0v) is 11.8. The van der Waals surface area contributed by atoms with Crippen molar-refractivity contribution in [2.75, 3.05) is 6.26 Å². The summed E-state index contributed by atoms with van der Waals surface area (Å²) in [6, 6.07) is 0.673. The number of thioether (sulfide) groups is 1. The maximum atomic E-state index is 5.18. The number of hydrogen-bond donors (Lipinski definition) is 1. The van der Waals surface area contributed by atoms with E-state index >= 15 is 0 Å². The van der Waals surface area contributed by atoms with E-state index in [1.807, 2.05) is 25.6 Å². The fraction of sp³-hybridized carbons (Fsp3) is 0.769. The second kappa shape index (κ2) is 5.91. The highest BCUT2D eigenvalue weighted by molar-refractivity contribution is 7.99. The van der Waals surface area contributed by atoms with Crippen LogP contribution in [0.5, 0.6) is 0 Å². The zero-order chi connectivity index (χ0) is 12.3. The molecule has 1 aliphatic rings. The monoisotopic (exact) mass is 254 g/mol. The first-order chi connectivity index (χ1) is 8.20. The van der Waals surface area contributed by atoms with Gasteiger partial charge in [0.1, 0.15) is 5.76 Å². The van der Waals surface area contributed by atoms with Crippen LogP contribution in [0.4, 0.5) is 0 Å². The predicted molar refractivity (Wildman–Crippen MR) is 72.4 cm³/mol. The van der Waals surface area contributed by atoms with Crippen LogP contribution in [0.2, 0.25) is 0 Å². The molecule has 2 rings (SSSR count). The van der Waals surface area contributed by atoms with Crippen molar-refractivity contribution < 1.29 is 4.52 Å². The van der Waals surface area contributed by atoms with Crippen LogP contribution in [0.15, 0.2) is 4.52 Å². The number of aryl methyl sites for hydroxylation is 2. The van der Waals surface area contributed by atoms with Crippen LogP contribution in [0.1, 0.15) is 42.7 Å². The summed E-state index contributed by atoms with van der Waals surface area (Å²) in [5.74, 6) is 0.952. The Hall–Kier alpha value is -0.480. The lowest BCUT2D eigenvalue weighted by atomic mass is 9.95. The Labute approximate surface area is 108 Å². The van der Waals surface area contributed by atoms with Gasteiger partial charge in [-0.15, -0.1) is 0 Å². The quantitative estimate of drug-likeness (QED) is 0.896. The van der Waals surface area contributed by atoms with E-state index in [0.717, 1.165) is 23.2 Å². The summed E-state index contributed by atoms with van der Waals surface area (Å²) in [6.07, 6.45) is 7.52. The third kappa shape index (κ3) is 3.26. The fourth-order valence-corrected chi connectivity index (χ4v) is 3.25. The molecule has 0 aliphatic heterocycles. The van der Waals surface area contributed by atoms with Gasteiger partial charge in [-0.2, -0.15) is 11.8 Å². The van der Waals surface area contributed by atoms with Gasteiger partial charge < -0.3 is 9.84 Å². The van der Waals surface area contributed by atoms with Crippen molar-refractivity contribution in [2.45, 2.75) is 57.4 Å². The molecule has 0 bridgehead atoms. The van der Waals surface area contributed by atoms with E-state index < -0.39 is 0 Å². The van der Waals surface area contributed by atoms with Gasteiger partial charge in [-0.25, -0.2) is 0 Å². The van der Waals surface area contributed by atoms with Crippen LogP contribution in [-0.4, -0.2) is 22.7 Å². The maximum absolute atomic E-state index is 5.18.